The molecule has 0 aliphatic carbocycles. The molecule has 0 saturated carbocycles. The number of nitrogen functional groups attached to an aromatic ring is 1. The molecule has 3 N–H and O–H groups in total. The van der Waals surface area contributed by atoms with Gasteiger partial charge in [0, 0.05) is 24.8 Å². The molecule has 0 aliphatic rings. The van der Waals surface area contributed by atoms with Gasteiger partial charge < -0.3 is 15.8 Å². The Morgan fingerprint density at radius 2 is 2.16 bits per heavy atom. The lowest BCUT2D eigenvalue weighted by Gasteiger charge is -2.09. The lowest BCUT2D eigenvalue weighted by atomic mass is 10.3. The average molecular weight is 261 g/mol. The van der Waals surface area contributed by atoms with E-state index in [-0.39, 0.29) is 0 Å². The Bertz CT molecular complexity index is 538. The van der Waals surface area contributed by atoms with E-state index >= 15 is 0 Å². The molecule has 1 heterocycles. The molecule has 1 aromatic heterocycles. The molecule has 2 rings (SSSR count). The minimum absolute atomic E-state index is 0.371. The van der Waals surface area contributed by atoms with Crippen LogP contribution in [0.2, 0.25) is 0 Å². The van der Waals surface area contributed by atoms with Crippen LogP contribution < -0.4 is 15.8 Å². The maximum atomic E-state index is 5.70. The van der Waals surface area contributed by atoms with Gasteiger partial charge in [-0.1, -0.05) is 6.07 Å². The first-order valence-electron chi connectivity index (χ1n) is 6.38. The quantitative estimate of drug-likeness (QED) is 0.776. The largest absolute Gasteiger partial charge is 0.486 e. The van der Waals surface area contributed by atoms with Gasteiger partial charge in [-0.15, -0.1) is 10.2 Å². The zero-order valence-electron chi connectivity index (χ0n) is 11.3. The van der Waals surface area contributed by atoms with Gasteiger partial charge in [-0.25, -0.2) is 0 Å². The topological polar surface area (TPSA) is 78.0 Å². The number of benzene rings is 1. The maximum absolute atomic E-state index is 5.70. The Morgan fingerprint density at radius 1 is 1.32 bits per heavy atom. The van der Waals surface area contributed by atoms with Crippen molar-refractivity contribution in [2.75, 3.05) is 17.6 Å². The van der Waals surface area contributed by atoms with E-state index in [4.69, 9.17) is 10.5 Å². The minimum Gasteiger partial charge on any atom is -0.486 e. The molecular weight excluding hydrogens is 242 g/mol. The second-order valence-corrected chi connectivity index (χ2v) is 4.08. The summed E-state index contributed by atoms with van der Waals surface area (Å²) in [7, 11) is 0. The standard InChI is InChI=1S/C13H19N5O/c1-3-15-13-17-16-12(18(13)4-2)9-19-11-7-5-6-10(14)8-11/h5-8H,3-4,9,14H2,1-2H3,(H,15,17). The molecular formula is C13H19N5O. The fourth-order valence-electron chi connectivity index (χ4n) is 1.82. The summed E-state index contributed by atoms with van der Waals surface area (Å²) in [6.45, 7) is 6.06. The van der Waals surface area contributed by atoms with Crippen LogP contribution in [-0.4, -0.2) is 21.3 Å². The number of anilines is 2. The lowest BCUT2D eigenvalue weighted by Crippen LogP contribution is -2.10. The van der Waals surface area contributed by atoms with Crippen molar-refractivity contribution in [3.63, 3.8) is 0 Å². The first-order valence-corrected chi connectivity index (χ1v) is 6.38. The van der Waals surface area contributed by atoms with Crippen LogP contribution in [0.5, 0.6) is 5.75 Å². The molecule has 19 heavy (non-hydrogen) atoms. The van der Waals surface area contributed by atoms with Gasteiger partial charge in [-0.3, -0.25) is 4.57 Å². The van der Waals surface area contributed by atoms with Crippen LogP contribution in [0.25, 0.3) is 0 Å². The average Bonchev–Trinajstić information content (AvgIpc) is 2.79. The number of ether oxygens (including phenoxy) is 1. The second-order valence-electron chi connectivity index (χ2n) is 4.08. The predicted octanol–water partition coefficient (Wildman–Crippen LogP) is 1.89. The van der Waals surface area contributed by atoms with Crippen LogP contribution in [0.15, 0.2) is 24.3 Å². The summed E-state index contributed by atoms with van der Waals surface area (Å²) >= 11 is 0. The highest BCUT2D eigenvalue weighted by Crippen LogP contribution is 2.16. The van der Waals surface area contributed by atoms with E-state index in [1.54, 1.807) is 6.07 Å². The van der Waals surface area contributed by atoms with Crippen molar-refractivity contribution < 1.29 is 4.74 Å². The van der Waals surface area contributed by atoms with Crippen LogP contribution in [0, 0.1) is 0 Å². The Morgan fingerprint density at radius 3 is 2.84 bits per heavy atom. The van der Waals surface area contributed by atoms with Crippen molar-refractivity contribution in [3.8, 4) is 5.75 Å². The van der Waals surface area contributed by atoms with Gasteiger partial charge in [0.25, 0.3) is 0 Å². The van der Waals surface area contributed by atoms with Crippen LogP contribution in [0.3, 0.4) is 0 Å². The molecule has 2 aromatic rings. The number of hydrogen-bond donors (Lipinski definition) is 2. The molecule has 0 atom stereocenters. The Hall–Kier alpha value is -2.24. The number of rotatable bonds is 6. The molecule has 1 aromatic carbocycles. The Kier molecular flexibility index (Phi) is 4.22. The van der Waals surface area contributed by atoms with E-state index < -0.39 is 0 Å². The summed E-state index contributed by atoms with van der Waals surface area (Å²) in [6.07, 6.45) is 0. The third-order valence-corrected chi connectivity index (χ3v) is 2.70. The molecule has 0 spiro atoms. The van der Waals surface area contributed by atoms with Gasteiger partial charge in [0.2, 0.25) is 5.95 Å². The number of nitrogens with two attached hydrogens (primary N) is 1. The molecule has 102 valence electrons. The molecule has 0 aliphatic heterocycles. The van der Waals surface area contributed by atoms with E-state index in [1.165, 1.54) is 0 Å². The third kappa shape index (κ3) is 3.15. The van der Waals surface area contributed by atoms with Crippen molar-refractivity contribution in [1.29, 1.82) is 0 Å². The van der Waals surface area contributed by atoms with Gasteiger partial charge in [-0.05, 0) is 26.0 Å². The van der Waals surface area contributed by atoms with E-state index in [0.29, 0.717) is 12.3 Å². The minimum atomic E-state index is 0.371. The molecule has 6 nitrogen and oxygen atoms in total. The first-order chi connectivity index (χ1) is 9.24. The highest BCUT2D eigenvalue weighted by molar-refractivity contribution is 5.43. The lowest BCUT2D eigenvalue weighted by molar-refractivity contribution is 0.290. The Labute approximate surface area is 112 Å². The van der Waals surface area contributed by atoms with E-state index in [1.807, 2.05) is 36.6 Å². The maximum Gasteiger partial charge on any atom is 0.224 e. The molecule has 0 fully saturated rings. The summed E-state index contributed by atoms with van der Waals surface area (Å²) in [4.78, 5) is 0. The number of nitrogens with one attached hydrogen (secondary N) is 1. The van der Waals surface area contributed by atoms with Crippen molar-refractivity contribution >= 4 is 11.6 Å². The van der Waals surface area contributed by atoms with Crippen LogP contribution >= 0.6 is 0 Å². The van der Waals surface area contributed by atoms with Crippen molar-refractivity contribution in [3.05, 3.63) is 30.1 Å². The van der Waals surface area contributed by atoms with Gasteiger partial charge >= 0.3 is 0 Å². The summed E-state index contributed by atoms with van der Waals surface area (Å²) < 4.78 is 7.67. The second kappa shape index (κ2) is 6.08. The molecule has 0 amide bonds. The van der Waals surface area contributed by atoms with E-state index in [0.717, 1.165) is 30.6 Å². The smallest absolute Gasteiger partial charge is 0.224 e. The van der Waals surface area contributed by atoms with Crippen molar-refractivity contribution in [1.82, 2.24) is 14.8 Å². The number of aromatic nitrogens is 3. The SMILES string of the molecule is CCNc1nnc(COc2cccc(N)c2)n1CC. The summed E-state index contributed by atoms with van der Waals surface area (Å²) in [6, 6.07) is 7.34. The highest BCUT2D eigenvalue weighted by Gasteiger charge is 2.10. The molecule has 0 unspecified atom stereocenters. The van der Waals surface area contributed by atoms with Crippen LogP contribution in [-0.2, 0) is 13.2 Å². The van der Waals surface area contributed by atoms with Crippen molar-refractivity contribution in [2.24, 2.45) is 0 Å². The van der Waals surface area contributed by atoms with Gasteiger partial charge in [0.15, 0.2) is 5.82 Å². The van der Waals surface area contributed by atoms with Gasteiger partial charge in [0.05, 0.1) is 0 Å². The molecule has 0 radical (unpaired) electrons. The zero-order chi connectivity index (χ0) is 13.7. The summed E-state index contributed by atoms with van der Waals surface area (Å²) in [5.41, 5.74) is 6.39. The zero-order valence-corrected chi connectivity index (χ0v) is 11.3. The highest BCUT2D eigenvalue weighted by atomic mass is 16.5. The fraction of sp³-hybridized carbons (Fsp3) is 0.385. The third-order valence-electron chi connectivity index (χ3n) is 2.70. The van der Waals surface area contributed by atoms with E-state index in [2.05, 4.69) is 15.5 Å². The molecule has 6 heteroatoms. The van der Waals surface area contributed by atoms with Crippen molar-refractivity contribution in [2.45, 2.75) is 27.0 Å². The molecule has 0 bridgehead atoms. The van der Waals surface area contributed by atoms with Crippen LogP contribution in [0.1, 0.15) is 19.7 Å². The van der Waals surface area contributed by atoms with Gasteiger partial charge in [0.1, 0.15) is 12.4 Å². The normalized spacial score (nSPS) is 10.4. The van der Waals surface area contributed by atoms with E-state index in [9.17, 15) is 0 Å². The van der Waals surface area contributed by atoms with Gasteiger partial charge in [-0.2, -0.15) is 0 Å². The summed E-state index contributed by atoms with van der Waals surface area (Å²) in [5.74, 6) is 2.30. The molecule has 0 saturated heterocycles. The number of hydrogen-bond acceptors (Lipinski definition) is 5. The number of nitrogens with zero attached hydrogens (tertiary/aromatic N) is 3. The fourth-order valence-corrected chi connectivity index (χ4v) is 1.82. The predicted molar refractivity (Wildman–Crippen MR) is 75.0 cm³/mol. The van der Waals surface area contributed by atoms with Crippen LogP contribution in [0.4, 0.5) is 11.6 Å². The first kappa shape index (κ1) is 13.2. The Balaban J connectivity index is 2.07. The monoisotopic (exact) mass is 261 g/mol. The summed E-state index contributed by atoms with van der Waals surface area (Å²) in [5, 5.41) is 11.4.